The maximum atomic E-state index is 7.32. The number of nitrogens with zero attached hydrogens (tertiary/aromatic N) is 6. The molecule has 0 aromatic carbocycles. The molecule has 0 spiro atoms. The quantitative estimate of drug-likeness (QED) is 0.636. The molecule has 0 saturated carbocycles. The van der Waals surface area contributed by atoms with E-state index in [-0.39, 0.29) is 28.6 Å². The number of hydrogen-bond acceptors (Lipinski definition) is 2. The molecular weight excluding hydrogens is 347 g/mol. The van der Waals surface area contributed by atoms with Crippen molar-refractivity contribution in [2.24, 2.45) is 0 Å². The number of fused-ring (bicyclic) bond motifs is 2. The Morgan fingerprint density at radius 3 is 1.71 bits per heavy atom. The molecule has 0 N–H and O–H groups in total. The van der Waals surface area contributed by atoms with Crippen molar-refractivity contribution in [1.29, 1.82) is 5.26 Å². The summed E-state index contributed by atoms with van der Waals surface area (Å²) in [6.45, 7) is 10.3. The monoisotopic (exact) mass is 372 g/mol. The van der Waals surface area contributed by atoms with Crippen LogP contribution in [0.4, 0.5) is 0 Å². The molecule has 7 heteroatoms. The maximum absolute atomic E-state index is 7.32. The zero-order valence-electron chi connectivity index (χ0n) is 14.6. The Balaban J connectivity index is 0.00000123. The molecular formula is C17H26N6Ni-2. The van der Waals surface area contributed by atoms with Gasteiger partial charge < -0.3 is 21.3 Å². The van der Waals surface area contributed by atoms with Crippen molar-refractivity contribution >= 4 is 0 Å². The second kappa shape index (κ2) is 14.3. The molecule has 6 nitrogen and oxygen atoms in total. The summed E-state index contributed by atoms with van der Waals surface area (Å²) in [5.41, 5.74) is 2.04. The van der Waals surface area contributed by atoms with Crippen LogP contribution in [-0.4, -0.2) is 44.3 Å². The van der Waals surface area contributed by atoms with Gasteiger partial charge in [-0.05, 0) is 12.1 Å². The first-order chi connectivity index (χ1) is 11.2. The molecule has 2 unspecified atom stereocenters. The third-order valence-electron chi connectivity index (χ3n) is 3.39. The summed E-state index contributed by atoms with van der Waals surface area (Å²) < 4.78 is 0. The fraction of sp³-hybridized carbons (Fsp3) is 0.647. The van der Waals surface area contributed by atoms with Crippen LogP contribution in [-0.2, 0) is 16.5 Å². The summed E-state index contributed by atoms with van der Waals surface area (Å²) in [5.74, 6) is 0. The molecule has 2 rings (SSSR count). The van der Waals surface area contributed by atoms with Gasteiger partial charge >= 0.3 is 16.5 Å². The molecule has 2 heterocycles. The zero-order valence-corrected chi connectivity index (χ0v) is 15.6. The Kier molecular flexibility index (Phi) is 13.7. The van der Waals surface area contributed by atoms with Gasteiger partial charge in [-0.1, -0.05) is 32.0 Å². The van der Waals surface area contributed by atoms with Crippen molar-refractivity contribution in [1.82, 2.24) is 4.98 Å². The summed E-state index contributed by atoms with van der Waals surface area (Å²) in [6.07, 6.45) is 0. The molecule has 2 atom stereocenters. The predicted octanol–water partition coefficient (Wildman–Crippen LogP) is 4.24. The molecule has 0 amide bonds. The molecule has 0 fully saturated rings. The van der Waals surface area contributed by atoms with Crippen LogP contribution in [0.25, 0.3) is 21.3 Å². The average Bonchev–Trinajstić information content (AvgIpc) is 2.56. The Bertz CT molecular complexity index is 443. The van der Waals surface area contributed by atoms with Crippen LogP contribution >= 0.6 is 0 Å². The van der Waals surface area contributed by atoms with E-state index in [1.807, 2.05) is 18.2 Å². The largest absolute Gasteiger partial charge is 2.00 e. The molecule has 1 aliphatic heterocycles. The molecule has 1 aliphatic rings. The second-order valence-electron chi connectivity index (χ2n) is 5.22. The van der Waals surface area contributed by atoms with E-state index < -0.39 is 0 Å². The maximum Gasteiger partial charge on any atom is 2.00 e. The van der Waals surface area contributed by atoms with Gasteiger partial charge in [-0.15, -0.1) is 0 Å². The molecule has 0 aliphatic carbocycles. The van der Waals surface area contributed by atoms with Crippen LogP contribution in [0.5, 0.6) is 0 Å². The van der Waals surface area contributed by atoms with E-state index in [2.05, 4.69) is 35.1 Å². The van der Waals surface area contributed by atoms with Gasteiger partial charge in [-0.2, -0.15) is 44.5 Å². The van der Waals surface area contributed by atoms with Crippen LogP contribution in [0, 0.1) is 11.3 Å². The summed E-state index contributed by atoms with van der Waals surface area (Å²) in [7, 11) is 0. The van der Waals surface area contributed by atoms with Crippen molar-refractivity contribution in [2.75, 3.05) is 39.3 Å². The molecule has 0 radical (unpaired) electrons. The molecule has 2 bridgehead atoms. The predicted molar refractivity (Wildman–Crippen MR) is 95.0 cm³/mol. The van der Waals surface area contributed by atoms with Crippen LogP contribution in [0.3, 0.4) is 0 Å². The number of pyridine rings is 1. The summed E-state index contributed by atoms with van der Waals surface area (Å²) in [4.78, 5) is 4.70. The van der Waals surface area contributed by atoms with Crippen LogP contribution in [0.2, 0.25) is 0 Å². The number of rotatable bonds is 0. The van der Waals surface area contributed by atoms with Gasteiger partial charge in [0, 0.05) is 18.3 Å². The van der Waals surface area contributed by atoms with Gasteiger partial charge in [0.15, 0.2) is 0 Å². The first kappa shape index (κ1) is 23.0. The Hall–Kier alpha value is -1.03. The minimum absolute atomic E-state index is 0. The third kappa shape index (κ3) is 9.31. The van der Waals surface area contributed by atoms with Gasteiger partial charge in [0.1, 0.15) is 0 Å². The smallest absolute Gasteiger partial charge is 0.665 e. The summed E-state index contributed by atoms with van der Waals surface area (Å²) in [6, 6.07) is 8.10. The minimum atomic E-state index is 0. The molecule has 24 heavy (non-hydrogen) atoms. The van der Waals surface area contributed by atoms with Crippen molar-refractivity contribution < 1.29 is 16.5 Å². The Morgan fingerprint density at radius 1 is 0.917 bits per heavy atom. The molecule has 0 saturated heterocycles. The van der Waals surface area contributed by atoms with Crippen LogP contribution in [0.15, 0.2) is 18.2 Å². The minimum Gasteiger partial charge on any atom is -0.665 e. The average molecular weight is 373 g/mol. The number of nitriles is 1. The Morgan fingerprint density at radius 2 is 1.29 bits per heavy atom. The summed E-state index contributed by atoms with van der Waals surface area (Å²) in [5, 5.41) is 25.4. The van der Waals surface area contributed by atoms with Gasteiger partial charge in [0.25, 0.3) is 0 Å². The van der Waals surface area contributed by atoms with Crippen LogP contribution < -0.4 is 0 Å². The van der Waals surface area contributed by atoms with E-state index in [9.17, 15) is 0 Å². The van der Waals surface area contributed by atoms with E-state index in [1.54, 1.807) is 6.07 Å². The van der Waals surface area contributed by atoms with E-state index >= 15 is 0 Å². The van der Waals surface area contributed by atoms with Crippen molar-refractivity contribution in [2.45, 2.75) is 32.9 Å². The second-order valence-corrected chi connectivity index (χ2v) is 5.22. The normalized spacial score (nSPS) is 22.4. The van der Waals surface area contributed by atoms with Crippen molar-refractivity contribution in [3.63, 3.8) is 0 Å². The van der Waals surface area contributed by atoms with Gasteiger partial charge in [-0.25, -0.2) is 0 Å². The van der Waals surface area contributed by atoms with E-state index in [0.29, 0.717) is 0 Å². The van der Waals surface area contributed by atoms with E-state index in [1.165, 1.54) is 6.92 Å². The standard InChI is InChI=1S/C15H23N5.C2H3N.Ni/c1-12-14-4-3-5-15(20-14)13(2)19-11-9-17-7-6-16-8-10-18-12;1-2-3;/h3-5,12-13H,6-11H2,1-2H3;1H3;/q-4;;+2. The van der Waals surface area contributed by atoms with Crippen molar-refractivity contribution in [3.8, 4) is 6.07 Å². The first-order valence-corrected chi connectivity index (χ1v) is 8.06. The molecule has 136 valence electrons. The van der Waals surface area contributed by atoms with Gasteiger partial charge in [0.2, 0.25) is 0 Å². The third-order valence-corrected chi connectivity index (χ3v) is 3.39. The number of aromatic nitrogens is 1. The molecule has 1 aromatic rings. The topological polar surface area (TPSA) is 93.1 Å². The van der Waals surface area contributed by atoms with E-state index in [0.717, 1.165) is 50.7 Å². The van der Waals surface area contributed by atoms with E-state index in [4.69, 9.17) is 10.2 Å². The fourth-order valence-electron chi connectivity index (χ4n) is 2.13. The Labute approximate surface area is 156 Å². The SMILES string of the molecule is CC#N.CC1[N-]CC[N-]CC[N-]CC[N-]C(C)c2cccc1n2.[Ni+2]. The first-order valence-electron chi connectivity index (χ1n) is 8.06. The zero-order chi connectivity index (χ0) is 16.9. The number of hydrogen-bond donors (Lipinski definition) is 0. The fourth-order valence-corrected chi connectivity index (χ4v) is 2.13. The summed E-state index contributed by atoms with van der Waals surface area (Å²) >= 11 is 0. The molecule has 1 aromatic heterocycles. The van der Waals surface area contributed by atoms with Gasteiger partial charge in [-0.3, -0.25) is 4.98 Å². The van der Waals surface area contributed by atoms with Crippen molar-refractivity contribution in [3.05, 3.63) is 50.9 Å². The van der Waals surface area contributed by atoms with Crippen LogP contribution in [0.1, 0.15) is 44.2 Å². The van der Waals surface area contributed by atoms with Gasteiger partial charge in [0.05, 0.1) is 6.07 Å².